The maximum atomic E-state index is 10.8. The zero-order valence-corrected chi connectivity index (χ0v) is 16.0. The van der Waals surface area contributed by atoms with Crippen molar-refractivity contribution in [1.29, 1.82) is 0 Å². The van der Waals surface area contributed by atoms with E-state index < -0.39 is 5.97 Å². The van der Waals surface area contributed by atoms with E-state index in [0.29, 0.717) is 0 Å². The van der Waals surface area contributed by atoms with Crippen LogP contribution in [-0.2, 0) is 9.53 Å². The maximum absolute atomic E-state index is 10.8. The number of benzene rings is 2. The van der Waals surface area contributed by atoms with Crippen molar-refractivity contribution in [3.8, 4) is 5.75 Å². The van der Waals surface area contributed by atoms with E-state index in [0.717, 1.165) is 23.3 Å². The molecule has 0 amide bonds. The van der Waals surface area contributed by atoms with E-state index in [4.69, 9.17) is 14.6 Å². The molecule has 28 heavy (non-hydrogen) atoms. The van der Waals surface area contributed by atoms with Gasteiger partial charge in [-0.15, -0.1) is 0 Å². The molecule has 144 valence electrons. The Hall–Kier alpha value is -3.01. The molecule has 1 N–H and O–H groups in total. The number of hydrogen-bond donors (Lipinski definition) is 1. The van der Waals surface area contributed by atoms with Crippen LogP contribution < -0.4 is 4.74 Å². The van der Waals surface area contributed by atoms with Gasteiger partial charge in [0.15, 0.2) is 0 Å². The first kappa shape index (κ1) is 18.4. The summed E-state index contributed by atoms with van der Waals surface area (Å²) in [5, 5.41) is 11.2. The molecule has 1 aliphatic heterocycles. The number of fused-ring (bicyclic) bond motifs is 2. The lowest BCUT2D eigenvalue weighted by Gasteiger charge is -2.25. The van der Waals surface area contributed by atoms with Crippen molar-refractivity contribution in [3.05, 3.63) is 78.1 Å². The number of aliphatic carboxylic acids is 1. The maximum Gasteiger partial charge on any atom is 0.328 e. The second kappa shape index (κ2) is 7.55. The van der Waals surface area contributed by atoms with E-state index in [2.05, 4.69) is 36.4 Å². The van der Waals surface area contributed by atoms with Crippen LogP contribution in [0.5, 0.6) is 5.75 Å². The van der Waals surface area contributed by atoms with Crippen LogP contribution in [-0.4, -0.2) is 23.3 Å². The van der Waals surface area contributed by atoms with Crippen molar-refractivity contribution < 1.29 is 19.4 Å². The van der Waals surface area contributed by atoms with E-state index in [1.54, 1.807) is 6.08 Å². The van der Waals surface area contributed by atoms with Crippen molar-refractivity contribution in [2.24, 2.45) is 5.92 Å². The van der Waals surface area contributed by atoms with Gasteiger partial charge in [0.1, 0.15) is 17.6 Å². The number of ether oxygens (including phenoxy) is 2. The predicted octanol–water partition coefficient (Wildman–Crippen LogP) is 5.21. The Bertz CT molecular complexity index is 983. The summed E-state index contributed by atoms with van der Waals surface area (Å²) in [6.07, 6.45) is 9.72. The van der Waals surface area contributed by atoms with Crippen LogP contribution in [0.15, 0.2) is 72.5 Å². The Morgan fingerprint density at radius 1 is 1.21 bits per heavy atom. The van der Waals surface area contributed by atoms with Gasteiger partial charge in [-0.1, -0.05) is 42.5 Å². The average Bonchev–Trinajstić information content (AvgIpc) is 3.10. The second-order valence-electron chi connectivity index (χ2n) is 7.54. The first-order chi connectivity index (χ1) is 13.5. The molecule has 1 fully saturated rings. The fourth-order valence-electron chi connectivity index (χ4n) is 4.14. The van der Waals surface area contributed by atoms with Gasteiger partial charge in [0.25, 0.3) is 0 Å². The van der Waals surface area contributed by atoms with Crippen LogP contribution in [0.1, 0.15) is 31.7 Å². The van der Waals surface area contributed by atoms with E-state index in [-0.39, 0.29) is 24.0 Å². The lowest BCUT2D eigenvalue weighted by atomic mass is 9.78. The van der Waals surface area contributed by atoms with Gasteiger partial charge in [0.05, 0.1) is 6.10 Å². The largest absolute Gasteiger partial charge is 0.490 e. The smallest absolute Gasteiger partial charge is 0.328 e. The lowest BCUT2D eigenvalue weighted by Crippen LogP contribution is -2.13. The van der Waals surface area contributed by atoms with Gasteiger partial charge in [0, 0.05) is 23.3 Å². The molecule has 4 rings (SSSR count). The molecule has 0 spiro atoms. The molecule has 1 heterocycles. The monoisotopic (exact) mass is 376 g/mol. The van der Waals surface area contributed by atoms with Crippen molar-refractivity contribution in [1.82, 2.24) is 0 Å². The molecule has 0 radical (unpaired) electrons. The van der Waals surface area contributed by atoms with Crippen LogP contribution >= 0.6 is 0 Å². The summed E-state index contributed by atoms with van der Waals surface area (Å²) in [7, 11) is 0. The average molecular weight is 376 g/mol. The third-order valence-electron chi connectivity index (χ3n) is 5.24. The standard InChI is InChI=1S/C24H24O4/c1-15(2)27-23-12-11-19(17-6-3-4-7-20(17)23)18-8-5-9-22-21(18)14-16(28-22)10-13-24(25)26/h3-13,15-16,18,21H,14H2,1-2H3,(H,25,26). The van der Waals surface area contributed by atoms with Gasteiger partial charge in [-0.3, -0.25) is 0 Å². The van der Waals surface area contributed by atoms with Crippen LogP contribution in [0.4, 0.5) is 0 Å². The number of allylic oxidation sites excluding steroid dienone is 4. The topological polar surface area (TPSA) is 55.8 Å². The molecular formula is C24H24O4. The quantitative estimate of drug-likeness (QED) is 0.728. The molecular weight excluding hydrogens is 352 g/mol. The third-order valence-corrected chi connectivity index (χ3v) is 5.24. The predicted molar refractivity (Wildman–Crippen MR) is 109 cm³/mol. The number of carboxylic acids is 1. The highest BCUT2D eigenvalue weighted by Gasteiger charge is 2.37. The van der Waals surface area contributed by atoms with Gasteiger partial charge in [-0.25, -0.2) is 4.79 Å². The molecule has 3 atom stereocenters. The van der Waals surface area contributed by atoms with Gasteiger partial charge in [0.2, 0.25) is 0 Å². The van der Waals surface area contributed by atoms with Crippen molar-refractivity contribution in [2.75, 3.05) is 0 Å². The molecule has 1 aliphatic carbocycles. The molecule has 2 aromatic rings. The van der Waals surface area contributed by atoms with Crippen LogP contribution in [0.2, 0.25) is 0 Å². The van der Waals surface area contributed by atoms with Gasteiger partial charge in [-0.2, -0.15) is 0 Å². The number of carbonyl (C=O) groups is 1. The first-order valence-electron chi connectivity index (χ1n) is 9.67. The third kappa shape index (κ3) is 3.55. The molecule has 2 aliphatic rings. The molecule has 0 bridgehead atoms. The Labute approximate surface area is 164 Å². The second-order valence-corrected chi connectivity index (χ2v) is 7.54. The Kier molecular flexibility index (Phi) is 4.95. The minimum Gasteiger partial charge on any atom is -0.490 e. The summed E-state index contributed by atoms with van der Waals surface area (Å²) in [6, 6.07) is 12.5. The number of carboxylic acid groups (broad SMARTS) is 1. The fraction of sp³-hybridized carbons (Fsp3) is 0.292. The minimum atomic E-state index is -0.950. The van der Waals surface area contributed by atoms with Crippen molar-refractivity contribution in [2.45, 2.75) is 38.4 Å². The van der Waals surface area contributed by atoms with Gasteiger partial charge >= 0.3 is 5.97 Å². The normalized spacial score (nSPS) is 23.7. The lowest BCUT2D eigenvalue weighted by molar-refractivity contribution is -0.131. The molecule has 2 aromatic carbocycles. The van der Waals surface area contributed by atoms with Crippen molar-refractivity contribution in [3.63, 3.8) is 0 Å². The number of hydrogen-bond acceptors (Lipinski definition) is 3. The van der Waals surface area contributed by atoms with Crippen molar-refractivity contribution >= 4 is 16.7 Å². The highest BCUT2D eigenvalue weighted by atomic mass is 16.5. The molecule has 4 heteroatoms. The van der Waals surface area contributed by atoms with Crippen LogP contribution in [0.25, 0.3) is 10.8 Å². The molecule has 0 saturated carbocycles. The van der Waals surface area contributed by atoms with E-state index in [9.17, 15) is 4.79 Å². The summed E-state index contributed by atoms with van der Waals surface area (Å²) >= 11 is 0. The van der Waals surface area contributed by atoms with Gasteiger partial charge in [-0.05, 0) is 49.4 Å². The SMILES string of the molecule is CC(C)Oc1ccc(C2C=CC=C3OC(C=CC(=O)O)CC32)c2ccccc12. The number of rotatable bonds is 5. The Morgan fingerprint density at radius 2 is 2.00 bits per heavy atom. The molecule has 0 aromatic heterocycles. The van der Waals surface area contributed by atoms with E-state index in [1.165, 1.54) is 17.0 Å². The zero-order chi connectivity index (χ0) is 19.7. The van der Waals surface area contributed by atoms with Crippen LogP contribution in [0.3, 0.4) is 0 Å². The van der Waals surface area contributed by atoms with Gasteiger partial charge < -0.3 is 14.6 Å². The summed E-state index contributed by atoms with van der Waals surface area (Å²) in [5.74, 6) is 1.26. The van der Waals surface area contributed by atoms with Crippen LogP contribution in [0, 0.1) is 5.92 Å². The fourth-order valence-corrected chi connectivity index (χ4v) is 4.14. The highest BCUT2D eigenvalue weighted by Crippen LogP contribution is 2.46. The van der Waals surface area contributed by atoms with E-state index in [1.807, 2.05) is 32.1 Å². The van der Waals surface area contributed by atoms with E-state index >= 15 is 0 Å². The molecule has 3 unspecified atom stereocenters. The first-order valence-corrected chi connectivity index (χ1v) is 9.67. The Balaban J connectivity index is 1.70. The minimum absolute atomic E-state index is 0.114. The highest BCUT2D eigenvalue weighted by molar-refractivity contribution is 5.91. The molecule has 1 saturated heterocycles. The zero-order valence-electron chi connectivity index (χ0n) is 16.0. The summed E-state index contributed by atoms with van der Waals surface area (Å²) < 4.78 is 12.0. The summed E-state index contributed by atoms with van der Waals surface area (Å²) in [5.41, 5.74) is 1.24. The Morgan fingerprint density at radius 3 is 2.75 bits per heavy atom. The summed E-state index contributed by atoms with van der Waals surface area (Å²) in [4.78, 5) is 10.8. The summed E-state index contributed by atoms with van der Waals surface area (Å²) in [6.45, 7) is 4.06. The molecule has 4 nitrogen and oxygen atoms in total.